The first-order valence-electron chi connectivity index (χ1n) is 9.08. The number of aromatic nitrogens is 3. The quantitative estimate of drug-likeness (QED) is 0.650. The molecular weight excluding hydrogens is 326 g/mol. The number of hydrogen-bond donors (Lipinski definition) is 0. The molecule has 0 unspecified atom stereocenters. The average Bonchev–Trinajstić information content (AvgIpc) is 3.08. The first kappa shape index (κ1) is 16.5. The lowest BCUT2D eigenvalue weighted by Crippen LogP contribution is -2.06. The zero-order chi connectivity index (χ0) is 17.9. The third kappa shape index (κ3) is 3.01. The van der Waals surface area contributed by atoms with Gasteiger partial charge in [-0.1, -0.05) is 24.3 Å². The number of hydrogen-bond acceptors (Lipinski definition) is 4. The summed E-state index contributed by atoms with van der Waals surface area (Å²) in [5.74, 6) is -0.415. The maximum atomic E-state index is 12.0. The zero-order valence-electron chi connectivity index (χ0n) is 14.8. The summed E-state index contributed by atoms with van der Waals surface area (Å²) in [4.78, 5) is 16.4. The molecule has 2 heterocycles. The number of esters is 1. The maximum Gasteiger partial charge on any atom is 0.356 e. The fraction of sp³-hybridized carbons (Fsp3) is 0.286. The van der Waals surface area contributed by atoms with Crippen molar-refractivity contribution in [2.75, 3.05) is 6.61 Å². The van der Waals surface area contributed by atoms with Crippen LogP contribution in [-0.4, -0.2) is 27.3 Å². The minimum atomic E-state index is -0.415. The van der Waals surface area contributed by atoms with Crippen LogP contribution in [0.1, 0.15) is 48.8 Å². The summed E-state index contributed by atoms with van der Waals surface area (Å²) >= 11 is 0. The van der Waals surface area contributed by atoms with Crippen LogP contribution in [0.5, 0.6) is 0 Å². The molecule has 1 aliphatic carbocycles. The Labute approximate surface area is 152 Å². The van der Waals surface area contributed by atoms with Gasteiger partial charge in [-0.2, -0.15) is 5.10 Å². The van der Waals surface area contributed by atoms with Gasteiger partial charge in [0.25, 0.3) is 0 Å². The van der Waals surface area contributed by atoms with Gasteiger partial charge in [0.15, 0.2) is 5.69 Å². The number of ether oxygens (including phenoxy) is 1. The molecule has 0 N–H and O–H groups in total. The second-order valence-corrected chi connectivity index (χ2v) is 6.38. The first-order valence-corrected chi connectivity index (χ1v) is 9.08. The van der Waals surface area contributed by atoms with Gasteiger partial charge in [0.05, 0.1) is 23.5 Å². The third-order valence-electron chi connectivity index (χ3n) is 4.64. The number of para-hydroxylation sites is 1. The van der Waals surface area contributed by atoms with E-state index in [1.54, 1.807) is 19.2 Å². The Bertz CT molecular complexity index is 974. The third-order valence-corrected chi connectivity index (χ3v) is 4.64. The van der Waals surface area contributed by atoms with Crippen LogP contribution in [0, 0.1) is 0 Å². The van der Waals surface area contributed by atoms with E-state index >= 15 is 0 Å². The Balaban J connectivity index is 1.90. The minimum absolute atomic E-state index is 0.293. The lowest BCUT2D eigenvalue weighted by Gasteiger charge is -2.15. The highest BCUT2D eigenvalue weighted by Gasteiger charge is 2.20. The van der Waals surface area contributed by atoms with Crippen molar-refractivity contribution in [3.8, 4) is 5.69 Å². The van der Waals surface area contributed by atoms with Crippen molar-refractivity contribution in [1.82, 2.24) is 14.8 Å². The van der Waals surface area contributed by atoms with E-state index in [9.17, 15) is 4.79 Å². The van der Waals surface area contributed by atoms with Gasteiger partial charge in [0, 0.05) is 11.6 Å². The fourth-order valence-corrected chi connectivity index (χ4v) is 3.42. The SMILES string of the molecule is CCOC(=O)c1cc2nn(-c3ccccc3)c(C3=CCCCC3)c2cn1. The Morgan fingerprint density at radius 2 is 2.08 bits per heavy atom. The summed E-state index contributed by atoms with van der Waals surface area (Å²) in [6.45, 7) is 2.11. The van der Waals surface area contributed by atoms with E-state index in [2.05, 4.69) is 11.1 Å². The molecule has 0 bridgehead atoms. The molecule has 1 aliphatic rings. The van der Waals surface area contributed by atoms with Crippen molar-refractivity contribution >= 4 is 22.4 Å². The molecular formula is C21H21N3O2. The van der Waals surface area contributed by atoms with Gasteiger partial charge < -0.3 is 4.74 Å². The molecule has 0 saturated heterocycles. The number of rotatable bonds is 4. The van der Waals surface area contributed by atoms with Crippen LogP contribution in [0.25, 0.3) is 22.2 Å². The summed E-state index contributed by atoms with van der Waals surface area (Å²) < 4.78 is 7.04. The van der Waals surface area contributed by atoms with Crippen LogP contribution < -0.4 is 0 Å². The van der Waals surface area contributed by atoms with Crippen molar-refractivity contribution in [3.05, 3.63) is 60.1 Å². The molecule has 26 heavy (non-hydrogen) atoms. The van der Waals surface area contributed by atoms with Crippen LogP contribution in [0.2, 0.25) is 0 Å². The van der Waals surface area contributed by atoms with Gasteiger partial charge in [-0.15, -0.1) is 0 Å². The largest absolute Gasteiger partial charge is 0.461 e. The normalized spacial score (nSPS) is 14.3. The van der Waals surface area contributed by atoms with Crippen LogP contribution in [0.3, 0.4) is 0 Å². The van der Waals surface area contributed by atoms with Crippen LogP contribution >= 0.6 is 0 Å². The smallest absolute Gasteiger partial charge is 0.356 e. The predicted octanol–water partition coefficient (Wildman–Crippen LogP) is 4.55. The molecule has 3 aromatic rings. The van der Waals surface area contributed by atoms with Crippen molar-refractivity contribution in [3.63, 3.8) is 0 Å². The second kappa shape index (κ2) is 7.12. The number of fused-ring (bicyclic) bond motifs is 1. The molecule has 2 aromatic heterocycles. The van der Waals surface area contributed by atoms with E-state index in [0.717, 1.165) is 35.1 Å². The number of allylic oxidation sites excluding steroid dienone is 2. The number of nitrogens with zero attached hydrogens (tertiary/aromatic N) is 3. The predicted molar refractivity (Wildman–Crippen MR) is 101 cm³/mol. The molecule has 0 radical (unpaired) electrons. The molecule has 5 heteroatoms. The summed E-state index contributed by atoms with van der Waals surface area (Å²) in [6, 6.07) is 11.8. The monoisotopic (exact) mass is 347 g/mol. The van der Waals surface area contributed by atoms with E-state index < -0.39 is 5.97 Å². The summed E-state index contributed by atoms with van der Waals surface area (Å²) in [6.07, 6.45) is 8.59. The Morgan fingerprint density at radius 3 is 2.81 bits per heavy atom. The zero-order valence-corrected chi connectivity index (χ0v) is 14.8. The molecule has 0 amide bonds. The lowest BCUT2D eigenvalue weighted by atomic mass is 9.95. The molecule has 4 rings (SSSR count). The van der Waals surface area contributed by atoms with Crippen LogP contribution in [-0.2, 0) is 4.74 Å². The lowest BCUT2D eigenvalue weighted by molar-refractivity contribution is 0.0519. The van der Waals surface area contributed by atoms with Gasteiger partial charge >= 0.3 is 5.97 Å². The number of carbonyl (C=O) groups is 1. The molecule has 132 valence electrons. The van der Waals surface area contributed by atoms with Crippen LogP contribution in [0.4, 0.5) is 0 Å². The molecule has 0 spiro atoms. The van der Waals surface area contributed by atoms with Crippen molar-refractivity contribution in [2.45, 2.75) is 32.6 Å². The highest BCUT2D eigenvalue weighted by Crippen LogP contribution is 2.33. The standard InChI is InChI=1S/C21H21N3O2/c1-2-26-21(25)19-13-18-17(14-22-19)20(15-9-5-3-6-10-15)24(23-18)16-11-7-4-8-12-16/h4,7-9,11-14H,2-3,5-6,10H2,1H3. The Kier molecular flexibility index (Phi) is 4.52. The fourth-order valence-electron chi connectivity index (χ4n) is 3.42. The van der Waals surface area contributed by atoms with Crippen LogP contribution in [0.15, 0.2) is 48.7 Å². The molecule has 0 atom stereocenters. The molecule has 1 aromatic carbocycles. The maximum absolute atomic E-state index is 12.0. The Morgan fingerprint density at radius 1 is 1.23 bits per heavy atom. The van der Waals surface area contributed by atoms with Gasteiger partial charge in [-0.3, -0.25) is 0 Å². The number of pyridine rings is 1. The van der Waals surface area contributed by atoms with E-state index in [0.29, 0.717) is 12.3 Å². The number of benzene rings is 1. The van der Waals surface area contributed by atoms with Gasteiger partial charge in [-0.25, -0.2) is 14.5 Å². The summed E-state index contributed by atoms with van der Waals surface area (Å²) in [5.41, 5.74) is 4.43. The van der Waals surface area contributed by atoms with Gasteiger partial charge in [-0.05, 0) is 56.4 Å². The molecule has 5 nitrogen and oxygen atoms in total. The van der Waals surface area contributed by atoms with E-state index in [1.807, 2.05) is 35.0 Å². The van der Waals surface area contributed by atoms with E-state index in [4.69, 9.17) is 9.84 Å². The van der Waals surface area contributed by atoms with Crippen molar-refractivity contribution < 1.29 is 9.53 Å². The molecule has 0 fully saturated rings. The highest BCUT2D eigenvalue weighted by molar-refractivity contribution is 5.96. The molecule has 0 aliphatic heterocycles. The summed E-state index contributed by atoms with van der Waals surface area (Å²) in [7, 11) is 0. The topological polar surface area (TPSA) is 57.0 Å². The highest BCUT2D eigenvalue weighted by atomic mass is 16.5. The Hall–Kier alpha value is -2.95. The van der Waals surface area contributed by atoms with Crippen molar-refractivity contribution in [2.24, 2.45) is 0 Å². The van der Waals surface area contributed by atoms with Crippen molar-refractivity contribution in [1.29, 1.82) is 0 Å². The average molecular weight is 347 g/mol. The summed E-state index contributed by atoms with van der Waals surface area (Å²) in [5, 5.41) is 5.76. The van der Waals surface area contributed by atoms with E-state index in [1.165, 1.54) is 18.4 Å². The number of carbonyl (C=O) groups excluding carboxylic acids is 1. The first-order chi connectivity index (χ1) is 12.8. The molecule has 0 saturated carbocycles. The second-order valence-electron chi connectivity index (χ2n) is 6.38. The van der Waals surface area contributed by atoms with Gasteiger partial charge in [0.1, 0.15) is 0 Å². The van der Waals surface area contributed by atoms with E-state index in [-0.39, 0.29) is 0 Å². The van der Waals surface area contributed by atoms with Gasteiger partial charge in [0.2, 0.25) is 0 Å². The minimum Gasteiger partial charge on any atom is -0.461 e.